The molecule has 0 atom stereocenters. The van der Waals surface area contributed by atoms with Crippen molar-refractivity contribution in [3.05, 3.63) is 35.9 Å². The van der Waals surface area contributed by atoms with E-state index in [1.165, 1.54) is 0 Å². The number of carbonyl (C=O) groups excluding carboxylic acids is 1. The molecule has 0 fully saturated rings. The van der Waals surface area contributed by atoms with Gasteiger partial charge < -0.3 is 11.1 Å². The maximum absolute atomic E-state index is 12.4. The fourth-order valence-corrected chi connectivity index (χ4v) is 1.92. The van der Waals surface area contributed by atoms with Gasteiger partial charge in [-0.25, -0.2) is 4.98 Å². The summed E-state index contributed by atoms with van der Waals surface area (Å²) in [5.74, 6) is 0.264. The van der Waals surface area contributed by atoms with E-state index >= 15 is 0 Å². The lowest BCUT2D eigenvalue weighted by Gasteiger charge is -2.23. The maximum atomic E-state index is 12.4. The van der Waals surface area contributed by atoms with Gasteiger partial charge in [0.1, 0.15) is 5.82 Å². The number of nitrogens with zero attached hydrogens (tertiary/aromatic N) is 1. The molecule has 1 aromatic heterocycles. The number of fused-ring (bicyclic) bond motifs is 1. The van der Waals surface area contributed by atoms with E-state index < -0.39 is 0 Å². The molecule has 2 aromatic rings. The van der Waals surface area contributed by atoms with Crippen molar-refractivity contribution in [3.8, 4) is 0 Å². The van der Waals surface area contributed by atoms with Crippen LogP contribution in [0.1, 0.15) is 37.6 Å². The molecule has 0 saturated heterocycles. The normalized spacial score (nSPS) is 11.6. The molecule has 0 bridgehead atoms. The van der Waals surface area contributed by atoms with E-state index in [2.05, 4.69) is 31.1 Å². The van der Waals surface area contributed by atoms with E-state index in [-0.39, 0.29) is 11.3 Å². The van der Waals surface area contributed by atoms with Gasteiger partial charge in [-0.2, -0.15) is 0 Å². The van der Waals surface area contributed by atoms with Crippen molar-refractivity contribution in [2.75, 3.05) is 12.3 Å². The fourth-order valence-electron chi connectivity index (χ4n) is 1.92. The molecule has 1 heterocycles. The minimum absolute atomic E-state index is 0.0873. The molecular weight excluding hydrogens is 250 g/mol. The second-order valence-electron chi connectivity index (χ2n) is 5.81. The zero-order valence-corrected chi connectivity index (χ0v) is 12.2. The summed E-state index contributed by atoms with van der Waals surface area (Å²) in [6.45, 7) is 7.02. The molecule has 0 aliphatic carbocycles. The zero-order valence-electron chi connectivity index (χ0n) is 12.2. The van der Waals surface area contributed by atoms with Crippen LogP contribution in [-0.4, -0.2) is 17.4 Å². The number of nitrogens with two attached hydrogens (primary N) is 1. The number of anilines is 1. The summed E-state index contributed by atoms with van der Waals surface area (Å²) in [6.07, 6.45) is 1.01. The average molecular weight is 271 g/mol. The quantitative estimate of drug-likeness (QED) is 0.898. The molecule has 4 nitrogen and oxygen atoms in total. The first-order chi connectivity index (χ1) is 9.43. The highest BCUT2D eigenvalue weighted by Gasteiger charge is 2.18. The fraction of sp³-hybridized carbons (Fsp3) is 0.375. The second kappa shape index (κ2) is 5.49. The summed E-state index contributed by atoms with van der Waals surface area (Å²) in [5.41, 5.74) is 7.19. The molecule has 0 unspecified atom stereocenters. The van der Waals surface area contributed by atoms with Crippen LogP contribution in [-0.2, 0) is 0 Å². The Balaban J connectivity index is 2.30. The standard InChI is InChI=1S/C16H21N3O/c1-4-16(2,3)10-18-15(20)12-9-14(17)19-13-8-6-5-7-11(12)13/h5-9H,4,10H2,1-3H3,(H2,17,19)(H,18,20). The van der Waals surface area contributed by atoms with Crippen LogP contribution in [0.3, 0.4) is 0 Å². The molecule has 0 saturated carbocycles. The van der Waals surface area contributed by atoms with E-state index in [0.717, 1.165) is 17.3 Å². The highest BCUT2D eigenvalue weighted by Crippen LogP contribution is 2.21. The van der Waals surface area contributed by atoms with Gasteiger partial charge in [-0.05, 0) is 24.0 Å². The highest BCUT2D eigenvalue weighted by atomic mass is 16.1. The summed E-state index contributed by atoms with van der Waals surface area (Å²) in [7, 11) is 0. The summed E-state index contributed by atoms with van der Waals surface area (Å²) < 4.78 is 0. The molecular formula is C16H21N3O. The number of rotatable bonds is 4. The van der Waals surface area contributed by atoms with Crippen LogP contribution < -0.4 is 11.1 Å². The van der Waals surface area contributed by atoms with Crippen LogP contribution in [0.4, 0.5) is 5.82 Å². The first-order valence-corrected chi connectivity index (χ1v) is 6.86. The van der Waals surface area contributed by atoms with Crippen LogP contribution in [0.5, 0.6) is 0 Å². The van der Waals surface area contributed by atoms with Crippen LogP contribution in [0, 0.1) is 5.41 Å². The lowest BCUT2D eigenvalue weighted by atomic mass is 9.90. The third-order valence-electron chi connectivity index (χ3n) is 3.67. The number of para-hydroxylation sites is 1. The van der Waals surface area contributed by atoms with Crippen molar-refractivity contribution in [3.63, 3.8) is 0 Å². The van der Waals surface area contributed by atoms with Crippen molar-refractivity contribution < 1.29 is 4.79 Å². The molecule has 1 aromatic carbocycles. The third-order valence-corrected chi connectivity index (χ3v) is 3.67. The largest absolute Gasteiger partial charge is 0.384 e. The van der Waals surface area contributed by atoms with Crippen molar-refractivity contribution in [2.45, 2.75) is 27.2 Å². The summed E-state index contributed by atoms with van der Waals surface area (Å²) >= 11 is 0. The Morgan fingerprint density at radius 2 is 2.05 bits per heavy atom. The molecule has 0 spiro atoms. The molecule has 1 amide bonds. The van der Waals surface area contributed by atoms with E-state index in [0.29, 0.717) is 17.9 Å². The zero-order chi connectivity index (χ0) is 14.8. The Morgan fingerprint density at radius 3 is 2.75 bits per heavy atom. The van der Waals surface area contributed by atoms with Gasteiger partial charge in [-0.3, -0.25) is 4.79 Å². The lowest BCUT2D eigenvalue weighted by molar-refractivity contribution is 0.0937. The Kier molecular flexibility index (Phi) is 3.93. The number of carbonyl (C=O) groups is 1. The van der Waals surface area contributed by atoms with Gasteiger partial charge in [0.2, 0.25) is 0 Å². The van der Waals surface area contributed by atoms with Crippen molar-refractivity contribution in [2.24, 2.45) is 5.41 Å². The molecule has 3 N–H and O–H groups in total. The minimum Gasteiger partial charge on any atom is -0.384 e. The van der Waals surface area contributed by atoms with E-state index in [1.54, 1.807) is 6.07 Å². The molecule has 0 aliphatic rings. The van der Waals surface area contributed by atoms with Gasteiger partial charge in [0, 0.05) is 11.9 Å². The topological polar surface area (TPSA) is 68.0 Å². The Hall–Kier alpha value is -2.10. The van der Waals surface area contributed by atoms with E-state index in [4.69, 9.17) is 5.73 Å². The number of hydrogen-bond acceptors (Lipinski definition) is 3. The van der Waals surface area contributed by atoms with Gasteiger partial charge in [0.15, 0.2) is 0 Å². The molecule has 106 valence electrons. The second-order valence-corrected chi connectivity index (χ2v) is 5.81. The first kappa shape index (κ1) is 14.3. The minimum atomic E-state index is -0.100. The number of benzene rings is 1. The van der Waals surface area contributed by atoms with Gasteiger partial charge in [0.05, 0.1) is 11.1 Å². The van der Waals surface area contributed by atoms with Gasteiger partial charge in [0.25, 0.3) is 5.91 Å². The Morgan fingerprint density at radius 1 is 1.35 bits per heavy atom. The highest BCUT2D eigenvalue weighted by molar-refractivity contribution is 6.06. The van der Waals surface area contributed by atoms with Gasteiger partial charge in [-0.15, -0.1) is 0 Å². The number of aromatic nitrogens is 1. The van der Waals surface area contributed by atoms with E-state index in [1.807, 2.05) is 24.3 Å². The predicted molar refractivity (Wildman–Crippen MR) is 82.6 cm³/mol. The summed E-state index contributed by atoms with van der Waals surface area (Å²) in [4.78, 5) is 16.6. The molecule has 0 radical (unpaired) electrons. The Bertz CT molecular complexity index is 635. The first-order valence-electron chi connectivity index (χ1n) is 6.86. The smallest absolute Gasteiger partial charge is 0.252 e. The maximum Gasteiger partial charge on any atom is 0.252 e. The lowest BCUT2D eigenvalue weighted by Crippen LogP contribution is -2.33. The number of nitrogens with one attached hydrogen (secondary N) is 1. The van der Waals surface area contributed by atoms with Crippen molar-refractivity contribution in [1.29, 1.82) is 0 Å². The SMILES string of the molecule is CCC(C)(C)CNC(=O)c1cc(N)nc2ccccc12. The van der Waals surface area contributed by atoms with E-state index in [9.17, 15) is 4.79 Å². The van der Waals surface area contributed by atoms with Gasteiger partial charge in [-0.1, -0.05) is 39.0 Å². The molecule has 0 aliphatic heterocycles. The van der Waals surface area contributed by atoms with Gasteiger partial charge >= 0.3 is 0 Å². The number of hydrogen-bond donors (Lipinski definition) is 2. The number of amides is 1. The monoisotopic (exact) mass is 271 g/mol. The Labute approximate surface area is 119 Å². The summed E-state index contributed by atoms with van der Waals surface area (Å²) in [5, 5.41) is 3.81. The predicted octanol–water partition coefficient (Wildman–Crippen LogP) is 2.98. The van der Waals surface area contributed by atoms with Crippen LogP contribution in [0.25, 0.3) is 10.9 Å². The summed E-state index contributed by atoms with van der Waals surface area (Å²) in [6, 6.07) is 9.17. The molecule has 4 heteroatoms. The average Bonchev–Trinajstić information content (AvgIpc) is 2.44. The van der Waals surface area contributed by atoms with Crippen LogP contribution in [0.2, 0.25) is 0 Å². The molecule has 20 heavy (non-hydrogen) atoms. The van der Waals surface area contributed by atoms with Crippen molar-refractivity contribution >= 4 is 22.6 Å². The van der Waals surface area contributed by atoms with Crippen molar-refractivity contribution in [1.82, 2.24) is 10.3 Å². The number of nitrogen functional groups attached to an aromatic ring is 1. The molecule has 2 rings (SSSR count). The number of pyridine rings is 1. The van der Waals surface area contributed by atoms with Crippen LogP contribution >= 0.6 is 0 Å². The van der Waals surface area contributed by atoms with Crippen LogP contribution in [0.15, 0.2) is 30.3 Å². The third kappa shape index (κ3) is 3.07.